The number of carbonyl (C=O) groups is 2. The molecule has 3 heterocycles. The van der Waals surface area contributed by atoms with Crippen molar-refractivity contribution in [1.82, 2.24) is 14.8 Å². The first kappa shape index (κ1) is 21.2. The second-order valence-electron chi connectivity index (χ2n) is 8.35. The summed E-state index contributed by atoms with van der Waals surface area (Å²) in [5.74, 6) is 0.0161. The third kappa shape index (κ3) is 3.63. The highest BCUT2D eigenvalue weighted by atomic mass is 79.9. The highest BCUT2D eigenvalue weighted by molar-refractivity contribution is 9.10. The van der Waals surface area contributed by atoms with E-state index in [0.29, 0.717) is 26.2 Å². The standard InChI is InChI=1S/C25H26BrN3O3/c1-2-32-13-5-12-28-15-22(30)29-21(25(28)31)14-19-18-6-3-4-7-20(18)27-23(19)24(29)16-8-10-17(26)11-9-16/h3-4,6-11,21,24,27H,2,5,12-15H2,1H3/t21-,24-/m0/s1. The maximum atomic E-state index is 13.5. The molecule has 32 heavy (non-hydrogen) atoms. The highest BCUT2D eigenvalue weighted by Crippen LogP contribution is 2.42. The van der Waals surface area contributed by atoms with E-state index in [1.54, 1.807) is 4.90 Å². The van der Waals surface area contributed by atoms with Crippen LogP contribution in [0.2, 0.25) is 0 Å². The van der Waals surface area contributed by atoms with E-state index in [-0.39, 0.29) is 24.4 Å². The van der Waals surface area contributed by atoms with Gasteiger partial charge < -0.3 is 19.5 Å². The van der Waals surface area contributed by atoms with Crippen LogP contribution in [-0.2, 0) is 20.7 Å². The van der Waals surface area contributed by atoms with Gasteiger partial charge in [-0.2, -0.15) is 0 Å². The average molecular weight is 496 g/mol. The molecule has 2 amide bonds. The molecule has 5 rings (SSSR count). The number of ether oxygens (including phenoxy) is 1. The minimum absolute atomic E-state index is 0.0109. The van der Waals surface area contributed by atoms with Crippen LogP contribution in [0.4, 0.5) is 0 Å². The number of fused-ring (bicyclic) bond motifs is 4. The van der Waals surface area contributed by atoms with Gasteiger partial charge in [-0.25, -0.2) is 0 Å². The number of hydrogen-bond donors (Lipinski definition) is 1. The van der Waals surface area contributed by atoms with Gasteiger partial charge in [0.25, 0.3) is 0 Å². The molecule has 0 saturated carbocycles. The second-order valence-corrected chi connectivity index (χ2v) is 9.26. The lowest BCUT2D eigenvalue weighted by Gasteiger charge is -2.47. The number of hydrogen-bond acceptors (Lipinski definition) is 3. The summed E-state index contributed by atoms with van der Waals surface area (Å²) in [5, 5.41) is 1.12. The van der Waals surface area contributed by atoms with E-state index in [0.717, 1.165) is 38.6 Å². The molecule has 1 N–H and O–H groups in total. The molecule has 2 aliphatic rings. The molecule has 2 aliphatic heterocycles. The van der Waals surface area contributed by atoms with Crippen LogP contribution in [0.3, 0.4) is 0 Å². The van der Waals surface area contributed by atoms with Crippen molar-refractivity contribution in [2.24, 2.45) is 0 Å². The Hall–Kier alpha value is -2.64. The summed E-state index contributed by atoms with van der Waals surface area (Å²) < 4.78 is 6.40. The van der Waals surface area contributed by atoms with Gasteiger partial charge in [0.05, 0.1) is 12.6 Å². The van der Waals surface area contributed by atoms with Gasteiger partial charge in [0, 0.05) is 47.2 Å². The first-order valence-electron chi connectivity index (χ1n) is 11.1. The number of para-hydroxylation sites is 1. The number of nitrogens with zero attached hydrogens (tertiary/aromatic N) is 2. The first-order valence-corrected chi connectivity index (χ1v) is 11.9. The number of amides is 2. The molecule has 166 valence electrons. The van der Waals surface area contributed by atoms with Crippen LogP contribution in [0.25, 0.3) is 10.9 Å². The number of rotatable bonds is 6. The average Bonchev–Trinajstić information content (AvgIpc) is 3.17. The molecule has 0 spiro atoms. The number of H-pyrrole nitrogens is 1. The lowest BCUT2D eigenvalue weighted by Crippen LogP contribution is -2.63. The quantitative estimate of drug-likeness (QED) is 0.524. The minimum Gasteiger partial charge on any atom is -0.382 e. The van der Waals surface area contributed by atoms with Gasteiger partial charge in [0.1, 0.15) is 6.04 Å². The van der Waals surface area contributed by atoms with E-state index in [4.69, 9.17) is 4.74 Å². The zero-order valence-electron chi connectivity index (χ0n) is 18.0. The normalized spacial score (nSPS) is 20.6. The molecule has 6 nitrogen and oxygen atoms in total. The van der Waals surface area contributed by atoms with E-state index in [9.17, 15) is 9.59 Å². The van der Waals surface area contributed by atoms with Crippen molar-refractivity contribution in [3.8, 4) is 0 Å². The van der Waals surface area contributed by atoms with Gasteiger partial charge in [-0.15, -0.1) is 0 Å². The number of piperazine rings is 1. The van der Waals surface area contributed by atoms with E-state index >= 15 is 0 Å². The smallest absolute Gasteiger partial charge is 0.246 e. The van der Waals surface area contributed by atoms with Crippen molar-refractivity contribution in [2.45, 2.75) is 31.8 Å². The largest absolute Gasteiger partial charge is 0.382 e. The Morgan fingerprint density at radius 1 is 1.12 bits per heavy atom. The van der Waals surface area contributed by atoms with Crippen LogP contribution in [0.1, 0.15) is 36.2 Å². The maximum Gasteiger partial charge on any atom is 0.246 e. The fraction of sp³-hybridized carbons (Fsp3) is 0.360. The van der Waals surface area contributed by atoms with Gasteiger partial charge in [0.15, 0.2) is 0 Å². The molecular weight excluding hydrogens is 470 g/mol. The maximum absolute atomic E-state index is 13.5. The Morgan fingerprint density at radius 2 is 1.91 bits per heavy atom. The molecular formula is C25H26BrN3O3. The molecule has 3 aromatic rings. The number of benzene rings is 2. The Morgan fingerprint density at radius 3 is 2.69 bits per heavy atom. The number of halogens is 1. The van der Waals surface area contributed by atoms with Gasteiger partial charge in [-0.05, 0) is 42.7 Å². The van der Waals surface area contributed by atoms with Crippen LogP contribution in [-0.4, -0.2) is 58.9 Å². The fourth-order valence-corrected chi connectivity index (χ4v) is 5.27. The van der Waals surface area contributed by atoms with Crippen molar-refractivity contribution in [3.63, 3.8) is 0 Å². The summed E-state index contributed by atoms with van der Waals surface area (Å²) in [6.45, 7) is 3.86. The summed E-state index contributed by atoms with van der Waals surface area (Å²) in [6, 6.07) is 15.4. The number of aromatic amines is 1. The zero-order valence-corrected chi connectivity index (χ0v) is 19.6. The van der Waals surface area contributed by atoms with Gasteiger partial charge in [0.2, 0.25) is 11.8 Å². The van der Waals surface area contributed by atoms with E-state index in [1.165, 1.54) is 0 Å². The molecule has 0 unspecified atom stereocenters. The molecule has 0 aliphatic carbocycles. The van der Waals surface area contributed by atoms with Gasteiger partial charge >= 0.3 is 0 Å². The van der Waals surface area contributed by atoms with Crippen LogP contribution in [0, 0.1) is 0 Å². The van der Waals surface area contributed by atoms with Crippen molar-refractivity contribution in [1.29, 1.82) is 0 Å². The molecule has 2 aromatic carbocycles. The number of nitrogens with one attached hydrogen (secondary N) is 1. The van der Waals surface area contributed by atoms with Crippen LogP contribution < -0.4 is 0 Å². The monoisotopic (exact) mass is 495 g/mol. The van der Waals surface area contributed by atoms with Crippen molar-refractivity contribution >= 4 is 38.6 Å². The van der Waals surface area contributed by atoms with E-state index < -0.39 is 6.04 Å². The number of aromatic nitrogens is 1. The predicted molar refractivity (Wildman–Crippen MR) is 126 cm³/mol. The third-order valence-electron chi connectivity index (χ3n) is 6.45. The second kappa shape index (κ2) is 8.71. The predicted octanol–water partition coefficient (Wildman–Crippen LogP) is 4.04. The highest BCUT2D eigenvalue weighted by Gasteiger charge is 2.48. The summed E-state index contributed by atoms with van der Waals surface area (Å²) in [5.41, 5.74) is 4.17. The SMILES string of the molecule is CCOCCCN1CC(=O)N2[C@@H](c3ccc(Br)cc3)c3[nH]c4ccccc4c3C[C@H]2C1=O. The molecule has 2 atom stereocenters. The first-order chi connectivity index (χ1) is 15.6. The van der Waals surface area contributed by atoms with Crippen LogP contribution in [0.15, 0.2) is 53.0 Å². The molecule has 1 fully saturated rings. The topological polar surface area (TPSA) is 65.6 Å². The minimum atomic E-state index is -0.497. The van der Waals surface area contributed by atoms with E-state index in [2.05, 4.69) is 33.0 Å². The molecule has 1 saturated heterocycles. The van der Waals surface area contributed by atoms with Gasteiger partial charge in [-0.1, -0.05) is 46.3 Å². The Labute approximate surface area is 195 Å². The van der Waals surface area contributed by atoms with E-state index in [1.807, 2.05) is 48.2 Å². The number of carbonyl (C=O) groups excluding carboxylic acids is 2. The van der Waals surface area contributed by atoms with Crippen LogP contribution >= 0.6 is 15.9 Å². The Balaban J connectivity index is 1.56. The molecule has 1 aromatic heterocycles. The lowest BCUT2D eigenvalue weighted by molar-refractivity contribution is -0.158. The van der Waals surface area contributed by atoms with Crippen molar-refractivity contribution in [3.05, 3.63) is 69.8 Å². The van der Waals surface area contributed by atoms with Crippen molar-refractivity contribution < 1.29 is 14.3 Å². The third-order valence-corrected chi connectivity index (χ3v) is 6.98. The summed E-state index contributed by atoms with van der Waals surface area (Å²) >= 11 is 3.50. The van der Waals surface area contributed by atoms with Gasteiger partial charge in [-0.3, -0.25) is 9.59 Å². The molecule has 7 heteroatoms. The molecule has 0 bridgehead atoms. The fourth-order valence-electron chi connectivity index (χ4n) is 5.01. The Bertz CT molecular complexity index is 1160. The molecule has 0 radical (unpaired) electrons. The summed E-state index contributed by atoms with van der Waals surface area (Å²) in [6.07, 6.45) is 1.26. The Kier molecular flexibility index (Phi) is 5.78. The zero-order chi connectivity index (χ0) is 22.2. The lowest BCUT2D eigenvalue weighted by atomic mass is 9.86. The summed E-state index contributed by atoms with van der Waals surface area (Å²) in [4.78, 5) is 34.0. The van der Waals surface area contributed by atoms with Crippen molar-refractivity contribution in [2.75, 3.05) is 26.3 Å². The van der Waals surface area contributed by atoms with Crippen LogP contribution in [0.5, 0.6) is 0 Å². The summed E-state index contributed by atoms with van der Waals surface area (Å²) in [7, 11) is 0.